The number of carbonyl (C=O) groups excluding carboxylic acids is 2. The number of hydrogen-bond donors (Lipinski definition) is 0. The molecule has 2 rings (SSSR count). The van der Waals surface area contributed by atoms with Gasteiger partial charge in [0.25, 0.3) is 9.84 Å². The monoisotopic (exact) mass is 413 g/mol. The topological polar surface area (TPSA) is 106 Å². The number of alkyl halides is 5. The van der Waals surface area contributed by atoms with Gasteiger partial charge in [-0.3, -0.25) is 9.59 Å². The molecule has 1 aliphatic carbocycles. The fourth-order valence-electron chi connectivity index (χ4n) is 2.82. The van der Waals surface area contributed by atoms with Crippen LogP contribution < -0.4 is 0 Å². The summed E-state index contributed by atoms with van der Waals surface area (Å²) in [6.45, 7) is -0.962. The number of sulfone groups is 2. The Kier molecular flexibility index (Phi) is 4.69. The lowest BCUT2D eigenvalue weighted by atomic mass is 9.97. The molecule has 2 bridgehead atoms. The highest BCUT2D eigenvalue weighted by Crippen LogP contribution is 2.37. The summed E-state index contributed by atoms with van der Waals surface area (Å²) in [6.07, 6.45) is 0.655. The fraction of sp³-hybridized carbons (Fsp3) is 0.818. The van der Waals surface area contributed by atoms with Crippen molar-refractivity contribution < 1.29 is 48.4 Å². The number of ketones is 1. The minimum atomic E-state index is -6.41. The van der Waals surface area contributed by atoms with Crippen LogP contribution in [0, 0.1) is 11.8 Å². The first-order valence-corrected chi connectivity index (χ1v) is 10.1. The van der Waals surface area contributed by atoms with Crippen LogP contribution >= 0.6 is 0 Å². The summed E-state index contributed by atoms with van der Waals surface area (Å²) in [5, 5.41) is -8.30. The van der Waals surface area contributed by atoms with E-state index in [1.165, 1.54) is 0 Å². The van der Waals surface area contributed by atoms with E-state index in [4.69, 9.17) is 0 Å². The van der Waals surface area contributed by atoms with E-state index in [0.29, 0.717) is 17.7 Å². The number of amides is 1. The molecule has 0 aromatic rings. The van der Waals surface area contributed by atoms with Crippen molar-refractivity contribution in [2.75, 3.05) is 18.2 Å². The Hall–Kier alpha value is -1.31. The van der Waals surface area contributed by atoms with E-state index in [0.717, 1.165) is 0 Å². The minimum absolute atomic E-state index is 0.241. The van der Waals surface area contributed by atoms with Crippen molar-refractivity contribution in [1.82, 2.24) is 4.90 Å². The number of likely N-dealkylation sites (tertiary alicyclic amines) is 1. The van der Waals surface area contributed by atoms with Crippen molar-refractivity contribution in [1.29, 1.82) is 0 Å². The van der Waals surface area contributed by atoms with Gasteiger partial charge >= 0.3 is 16.7 Å². The second-order valence-corrected chi connectivity index (χ2v) is 10.3. The van der Waals surface area contributed by atoms with Gasteiger partial charge < -0.3 is 4.90 Å². The Morgan fingerprint density at radius 3 is 1.80 bits per heavy atom. The number of hydrogen-bond acceptors (Lipinski definition) is 6. The van der Waals surface area contributed by atoms with Crippen molar-refractivity contribution in [3.05, 3.63) is 0 Å². The molecular weight excluding hydrogens is 401 g/mol. The molecule has 1 saturated carbocycles. The van der Waals surface area contributed by atoms with Crippen molar-refractivity contribution in [2.24, 2.45) is 11.8 Å². The van der Waals surface area contributed by atoms with Gasteiger partial charge in [-0.25, -0.2) is 16.8 Å². The molecule has 14 heteroatoms. The third kappa shape index (κ3) is 3.37. The van der Waals surface area contributed by atoms with Crippen LogP contribution in [-0.4, -0.2) is 62.4 Å². The maximum Gasteiger partial charge on any atom is 0.498 e. The molecule has 2 atom stereocenters. The summed E-state index contributed by atoms with van der Waals surface area (Å²) in [5.41, 5.74) is -6.06. The Balaban J connectivity index is 2.25. The first-order valence-electron chi connectivity index (χ1n) is 6.82. The third-order valence-electron chi connectivity index (χ3n) is 4.14. The first kappa shape index (κ1) is 20.0. The van der Waals surface area contributed by atoms with E-state index in [1.807, 2.05) is 0 Å². The molecule has 2 aliphatic rings. The Morgan fingerprint density at radius 1 is 0.960 bits per heavy atom. The standard InChI is InChI=1S/C11H12F5NO6S2/c12-10(13,24(20,21)5-25(22,23)11(14,15)16)9(19)17-3-6-1-2-7(4-17)8(6)18/h6-7H,1-5H2. The molecule has 0 radical (unpaired) electrons. The largest absolute Gasteiger partial charge is 0.498 e. The molecule has 0 N–H and O–H groups in total. The van der Waals surface area contributed by atoms with E-state index >= 15 is 0 Å². The quantitative estimate of drug-likeness (QED) is 0.615. The number of piperidine rings is 1. The molecule has 0 aromatic carbocycles. The van der Waals surface area contributed by atoms with E-state index in [-0.39, 0.29) is 5.78 Å². The second kappa shape index (κ2) is 5.86. The van der Waals surface area contributed by atoms with E-state index in [1.54, 1.807) is 0 Å². The van der Waals surface area contributed by atoms with Gasteiger partial charge in [-0.1, -0.05) is 0 Å². The Bertz CT molecular complexity index is 787. The second-order valence-electron chi connectivity index (χ2n) is 5.89. The molecule has 1 saturated heterocycles. The van der Waals surface area contributed by atoms with Crippen LogP contribution in [0.15, 0.2) is 0 Å². The Labute approximate surface area is 139 Å². The lowest BCUT2D eigenvalue weighted by Gasteiger charge is -2.33. The molecule has 25 heavy (non-hydrogen) atoms. The average Bonchev–Trinajstić information content (AvgIpc) is 2.66. The highest BCUT2D eigenvalue weighted by molar-refractivity contribution is 8.09. The molecule has 144 valence electrons. The third-order valence-corrected chi connectivity index (χ3v) is 8.28. The number of halogens is 5. The lowest BCUT2D eigenvalue weighted by Crippen LogP contribution is -2.54. The normalized spacial score (nSPS) is 25.3. The lowest BCUT2D eigenvalue weighted by molar-refractivity contribution is -0.151. The van der Waals surface area contributed by atoms with Crippen LogP contribution in [0.5, 0.6) is 0 Å². The summed E-state index contributed by atoms with van der Waals surface area (Å²) < 4.78 is 109. The van der Waals surface area contributed by atoms with Crippen molar-refractivity contribution in [2.45, 2.75) is 23.6 Å². The van der Waals surface area contributed by atoms with Gasteiger partial charge in [-0.15, -0.1) is 0 Å². The predicted molar refractivity (Wildman–Crippen MR) is 71.5 cm³/mol. The average molecular weight is 413 g/mol. The van der Waals surface area contributed by atoms with E-state index in [2.05, 4.69) is 0 Å². The molecule has 1 heterocycles. The summed E-state index contributed by atoms with van der Waals surface area (Å²) in [7, 11) is -12.7. The number of nitrogens with zero attached hydrogens (tertiary/aromatic N) is 1. The van der Waals surface area contributed by atoms with Crippen LogP contribution in [0.4, 0.5) is 22.0 Å². The van der Waals surface area contributed by atoms with Crippen LogP contribution in [0.3, 0.4) is 0 Å². The summed E-state index contributed by atoms with van der Waals surface area (Å²) in [4.78, 5) is 23.9. The van der Waals surface area contributed by atoms with Crippen molar-refractivity contribution >= 4 is 31.4 Å². The zero-order chi connectivity index (χ0) is 19.4. The minimum Gasteiger partial charge on any atom is -0.335 e. The van der Waals surface area contributed by atoms with Gasteiger partial charge in [-0.05, 0) is 12.8 Å². The van der Waals surface area contributed by atoms with Crippen molar-refractivity contribution in [3.8, 4) is 0 Å². The summed E-state index contributed by atoms with van der Waals surface area (Å²) in [6, 6.07) is 0. The zero-order valence-electron chi connectivity index (χ0n) is 12.3. The summed E-state index contributed by atoms with van der Waals surface area (Å²) in [5.74, 6) is -4.04. The molecule has 1 aliphatic heterocycles. The molecule has 0 aromatic heterocycles. The molecule has 0 spiro atoms. The van der Waals surface area contributed by atoms with Gasteiger partial charge in [0.15, 0.2) is 5.08 Å². The highest BCUT2D eigenvalue weighted by atomic mass is 32.3. The number of carbonyl (C=O) groups is 2. The SMILES string of the molecule is O=C1C2CCC1CN(C(=O)C(F)(F)S(=O)(=O)CS(=O)(=O)C(F)(F)F)C2. The van der Waals surface area contributed by atoms with Gasteiger partial charge in [-0.2, -0.15) is 22.0 Å². The maximum absolute atomic E-state index is 14.0. The van der Waals surface area contributed by atoms with Crippen LogP contribution in [0.2, 0.25) is 0 Å². The van der Waals surface area contributed by atoms with Gasteiger partial charge in [0, 0.05) is 24.9 Å². The zero-order valence-corrected chi connectivity index (χ0v) is 13.9. The van der Waals surface area contributed by atoms with Gasteiger partial charge in [0.1, 0.15) is 5.78 Å². The molecule has 7 nitrogen and oxygen atoms in total. The van der Waals surface area contributed by atoms with Gasteiger partial charge in [0.2, 0.25) is 9.84 Å². The number of fused-ring (bicyclic) bond motifs is 2. The summed E-state index contributed by atoms with van der Waals surface area (Å²) >= 11 is 0. The van der Waals surface area contributed by atoms with Gasteiger partial charge in [0.05, 0.1) is 0 Å². The molecule has 2 unspecified atom stereocenters. The maximum atomic E-state index is 14.0. The van der Waals surface area contributed by atoms with Crippen LogP contribution in [0.1, 0.15) is 12.8 Å². The van der Waals surface area contributed by atoms with E-state index < -0.39 is 66.4 Å². The fourth-order valence-corrected chi connectivity index (χ4v) is 5.97. The molecular formula is C11H12F5NO6S2. The van der Waals surface area contributed by atoms with E-state index in [9.17, 15) is 48.4 Å². The van der Waals surface area contributed by atoms with Crippen LogP contribution in [0.25, 0.3) is 0 Å². The smallest absolute Gasteiger partial charge is 0.335 e. The number of rotatable bonds is 4. The predicted octanol–water partition coefficient (Wildman–Crippen LogP) is 0.324. The Morgan fingerprint density at radius 2 is 1.40 bits per heavy atom. The van der Waals surface area contributed by atoms with Crippen molar-refractivity contribution in [3.63, 3.8) is 0 Å². The number of Topliss-reactive ketones (excluding diaryl/α,β-unsaturated/α-hetero) is 1. The molecule has 1 amide bonds. The first-order chi connectivity index (χ1) is 11.1. The highest BCUT2D eigenvalue weighted by Gasteiger charge is 2.60. The van der Waals surface area contributed by atoms with Crippen LogP contribution in [-0.2, 0) is 29.3 Å². The molecule has 2 fully saturated rings.